The minimum atomic E-state index is -0.398. The molecule has 3 aromatic rings. The fourth-order valence-corrected chi connectivity index (χ4v) is 4.31. The minimum absolute atomic E-state index is 0.0782. The van der Waals surface area contributed by atoms with Gasteiger partial charge in [0.1, 0.15) is 6.61 Å². The Labute approximate surface area is 179 Å². The molecule has 0 heterocycles. The summed E-state index contributed by atoms with van der Waals surface area (Å²) in [6.07, 6.45) is 3.55. The lowest BCUT2D eigenvalue weighted by Gasteiger charge is -2.14. The van der Waals surface area contributed by atoms with E-state index in [1.165, 1.54) is 27.8 Å². The van der Waals surface area contributed by atoms with Crippen molar-refractivity contribution in [2.45, 2.75) is 11.2 Å². The number of amides is 1. The van der Waals surface area contributed by atoms with Crippen molar-refractivity contribution in [1.82, 2.24) is 5.32 Å². The van der Waals surface area contributed by atoms with Crippen molar-refractivity contribution in [2.24, 2.45) is 0 Å². The number of carbonyl (C=O) groups is 1. The topological polar surface area (TPSA) is 38.3 Å². The van der Waals surface area contributed by atoms with Gasteiger partial charge in [0, 0.05) is 17.8 Å². The summed E-state index contributed by atoms with van der Waals surface area (Å²) in [5, 5.41) is 3.60. The number of hydrogen-bond acceptors (Lipinski definition) is 2. The molecule has 29 heavy (non-hydrogen) atoms. The highest BCUT2D eigenvalue weighted by Gasteiger charge is 2.28. The van der Waals surface area contributed by atoms with E-state index in [9.17, 15) is 4.79 Å². The quantitative estimate of drug-likeness (QED) is 0.461. The van der Waals surface area contributed by atoms with Gasteiger partial charge in [-0.05, 0) is 33.4 Å². The lowest BCUT2D eigenvalue weighted by molar-refractivity contribution is 0.144. The summed E-state index contributed by atoms with van der Waals surface area (Å²) < 4.78 is 5.55. The zero-order valence-electron chi connectivity index (χ0n) is 16.0. The van der Waals surface area contributed by atoms with Crippen LogP contribution in [0.25, 0.3) is 17.2 Å². The van der Waals surface area contributed by atoms with Gasteiger partial charge in [-0.2, -0.15) is 0 Å². The lowest BCUT2D eigenvalue weighted by Crippen LogP contribution is -2.26. The summed E-state index contributed by atoms with van der Waals surface area (Å²) in [4.78, 5) is 12.2. The van der Waals surface area contributed by atoms with E-state index in [1.807, 2.05) is 48.6 Å². The fraction of sp³-hybridized carbons (Fsp3) is 0.160. The molecule has 3 nitrogen and oxygen atoms in total. The second-order valence-corrected chi connectivity index (χ2v) is 7.50. The van der Waals surface area contributed by atoms with Crippen LogP contribution in [-0.2, 0) is 10.1 Å². The maximum atomic E-state index is 12.2. The van der Waals surface area contributed by atoms with E-state index in [1.54, 1.807) is 0 Å². The molecule has 0 saturated heterocycles. The normalized spacial score (nSPS) is 12.6. The first-order valence-corrected chi connectivity index (χ1v) is 10.8. The largest absolute Gasteiger partial charge is 0.449 e. The molecule has 1 aliphatic carbocycles. The van der Waals surface area contributed by atoms with Crippen molar-refractivity contribution >= 4 is 28.1 Å². The monoisotopic (exact) mass is 447 g/mol. The number of halogens is 1. The first-order valence-electron chi connectivity index (χ1n) is 9.67. The highest BCUT2D eigenvalue weighted by molar-refractivity contribution is 9.08. The number of hydrogen-bond donors (Lipinski definition) is 1. The van der Waals surface area contributed by atoms with Gasteiger partial charge in [0.2, 0.25) is 0 Å². The summed E-state index contributed by atoms with van der Waals surface area (Å²) in [6, 6.07) is 24.8. The third-order valence-corrected chi connectivity index (χ3v) is 5.81. The summed E-state index contributed by atoms with van der Waals surface area (Å²) in [6.45, 7) is 0.753. The minimum Gasteiger partial charge on any atom is -0.449 e. The van der Waals surface area contributed by atoms with Crippen LogP contribution >= 0.6 is 15.9 Å². The van der Waals surface area contributed by atoms with Crippen LogP contribution in [0, 0.1) is 0 Å². The molecule has 0 aliphatic heterocycles. The molecule has 3 aromatic carbocycles. The van der Waals surface area contributed by atoms with Crippen LogP contribution < -0.4 is 5.32 Å². The molecule has 0 spiro atoms. The Hall–Kier alpha value is -2.85. The van der Waals surface area contributed by atoms with Crippen molar-refractivity contribution in [3.63, 3.8) is 0 Å². The van der Waals surface area contributed by atoms with E-state index >= 15 is 0 Å². The smallest absolute Gasteiger partial charge is 0.407 e. The van der Waals surface area contributed by atoms with E-state index in [-0.39, 0.29) is 5.92 Å². The van der Waals surface area contributed by atoms with E-state index < -0.39 is 6.09 Å². The van der Waals surface area contributed by atoms with Crippen molar-refractivity contribution < 1.29 is 9.53 Å². The number of benzene rings is 3. The van der Waals surface area contributed by atoms with E-state index in [4.69, 9.17) is 4.74 Å². The van der Waals surface area contributed by atoms with E-state index in [2.05, 4.69) is 57.6 Å². The summed E-state index contributed by atoms with van der Waals surface area (Å²) >= 11 is 3.49. The van der Waals surface area contributed by atoms with E-state index in [0.29, 0.717) is 13.2 Å². The van der Waals surface area contributed by atoms with Gasteiger partial charge in [-0.25, -0.2) is 4.79 Å². The number of carbonyl (C=O) groups excluding carboxylic acids is 1. The molecular formula is C25H22BrNO2. The number of alkyl carbamates (subject to hydrolysis) is 1. The molecule has 0 atom stereocenters. The Morgan fingerprint density at radius 1 is 0.931 bits per heavy atom. The number of ether oxygens (including phenoxy) is 1. The SMILES string of the molecule is O=C(NCC=Cc1ccccc1CBr)OCC1c2ccccc2-c2ccccc21. The third-order valence-electron chi connectivity index (χ3n) is 5.20. The lowest BCUT2D eigenvalue weighted by atomic mass is 9.98. The Morgan fingerprint density at radius 2 is 1.55 bits per heavy atom. The maximum absolute atomic E-state index is 12.2. The van der Waals surface area contributed by atoms with Crippen LogP contribution in [0.4, 0.5) is 4.79 Å². The Morgan fingerprint density at radius 3 is 2.24 bits per heavy atom. The standard InChI is InChI=1S/C25H22BrNO2/c26-16-19-9-2-1-8-18(19)10-7-15-27-25(28)29-17-24-22-13-5-3-11-20(22)21-12-4-6-14-23(21)24/h1-14,24H,15-17H2,(H,27,28). The second kappa shape index (κ2) is 9.10. The van der Waals surface area contributed by atoms with Crippen molar-refractivity contribution in [2.75, 3.05) is 13.2 Å². The van der Waals surface area contributed by atoms with Crippen LogP contribution in [-0.4, -0.2) is 19.2 Å². The molecular weight excluding hydrogens is 426 g/mol. The molecule has 1 amide bonds. The third kappa shape index (κ3) is 4.28. The summed E-state index contributed by atoms with van der Waals surface area (Å²) in [7, 11) is 0. The number of rotatable bonds is 6. The predicted octanol–water partition coefficient (Wildman–Crippen LogP) is 6.13. The first-order chi connectivity index (χ1) is 14.3. The molecule has 0 saturated carbocycles. The number of nitrogens with one attached hydrogen (secondary N) is 1. The van der Waals surface area contributed by atoms with Crippen molar-refractivity contribution in [3.05, 3.63) is 101 Å². The van der Waals surface area contributed by atoms with Gasteiger partial charge >= 0.3 is 6.09 Å². The highest BCUT2D eigenvalue weighted by atomic mass is 79.9. The van der Waals surface area contributed by atoms with Gasteiger partial charge in [-0.3, -0.25) is 0 Å². The Kier molecular flexibility index (Phi) is 6.11. The molecule has 146 valence electrons. The van der Waals surface area contributed by atoms with E-state index in [0.717, 1.165) is 10.9 Å². The molecule has 1 N–H and O–H groups in total. The van der Waals surface area contributed by atoms with Gasteiger partial charge in [-0.1, -0.05) is 101 Å². The van der Waals surface area contributed by atoms with Crippen molar-refractivity contribution in [3.8, 4) is 11.1 Å². The maximum Gasteiger partial charge on any atom is 0.407 e. The molecule has 0 bridgehead atoms. The second-order valence-electron chi connectivity index (χ2n) is 6.94. The summed E-state index contributed by atoms with van der Waals surface area (Å²) in [5.74, 6) is 0.0782. The molecule has 0 unspecified atom stereocenters. The molecule has 4 heteroatoms. The van der Waals surface area contributed by atoms with Crippen LogP contribution in [0.3, 0.4) is 0 Å². The van der Waals surface area contributed by atoms with Gasteiger partial charge < -0.3 is 10.1 Å². The molecule has 0 fully saturated rings. The van der Waals surface area contributed by atoms with Gasteiger partial charge in [0.05, 0.1) is 0 Å². The molecule has 0 aromatic heterocycles. The summed E-state index contributed by atoms with van der Waals surface area (Å²) in [5.41, 5.74) is 7.24. The zero-order valence-corrected chi connectivity index (χ0v) is 17.6. The first kappa shape index (κ1) is 19.5. The number of fused-ring (bicyclic) bond motifs is 3. The Balaban J connectivity index is 1.34. The van der Waals surface area contributed by atoms with Gasteiger partial charge in [0.15, 0.2) is 0 Å². The van der Waals surface area contributed by atoms with Crippen LogP contribution in [0.5, 0.6) is 0 Å². The average Bonchev–Trinajstić information content (AvgIpc) is 3.09. The van der Waals surface area contributed by atoms with Gasteiger partial charge in [-0.15, -0.1) is 0 Å². The predicted molar refractivity (Wildman–Crippen MR) is 121 cm³/mol. The molecule has 4 rings (SSSR count). The average molecular weight is 448 g/mol. The van der Waals surface area contributed by atoms with Crippen LogP contribution in [0.1, 0.15) is 28.2 Å². The van der Waals surface area contributed by atoms with Crippen LogP contribution in [0.15, 0.2) is 78.9 Å². The molecule has 1 aliphatic rings. The molecule has 0 radical (unpaired) electrons. The fourth-order valence-electron chi connectivity index (χ4n) is 3.80. The van der Waals surface area contributed by atoms with Crippen LogP contribution in [0.2, 0.25) is 0 Å². The number of alkyl halides is 1. The highest BCUT2D eigenvalue weighted by Crippen LogP contribution is 2.44. The van der Waals surface area contributed by atoms with Gasteiger partial charge in [0.25, 0.3) is 0 Å². The Bertz CT molecular complexity index is 999. The van der Waals surface area contributed by atoms with Crippen molar-refractivity contribution in [1.29, 1.82) is 0 Å². The zero-order chi connectivity index (χ0) is 20.1.